The SMILES string of the molecule is c1ccc2cc3c(cc2c1)c1ccccc1n3-c1cccc2cc3c4ccccc4n(-c4ccc(-c5nc(-c6ccc7oc8ccccc8c7c6)c6ccccc6n5)cc4)c3cc12. The van der Waals surface area contributed by atoms with E-state index in [1.807, 2.05) is 18.2 Å². The third-order valence-corrected chi connectivity index (χ3v) is 13.1. The van der Waals surface area contributed by atoms with Gasteiger partial charge in [-0.2, -0.15) is 0 Å². The highest BCUT2D eigenvalue weighted by molar-refractivity contribution is 6.17. The van der Waals surface area contributed by atoms with Gasteiger partial charge in [-0.15, -0.1) is 0 Å². The van der Waals surface area contributed by atoms with Crippen molar-refractivity contribution < 1.29 is 4.42 Å². The predicted octanol–water partition coefficient (Wildman–Crippen LogP) is 15.4. The molecule has 5 nitrogen and oxygen atoms in total. The largest absolute Gasteiger partial charge is 0.456 e. The molecule has 0 spiro atoms. The van der Waals surface area contributed by atoms with Crippen LogP contribution in [0.25, 0.3) is 132 Å². The number of hydrogen-bond acceptors (Lipinski definition) is 3. The highest BCUT2D eigenvalue weighted by Crippen LogP contribution is 2.41. The first kappa shape index (κ1) is 34.2. The fourth-order valence-corrected chi connectivity index (χ4v) is 10.2. The van der Waals surface area contributed by atoms with Crippen molar-refractivity contribution in [2.75, 3.05) is 0 Å². The van der Waals surface area contributed by atoms with E-state index >= 15 is 0 Å². The maximum Gasteiger partial charge on any atom is 0.160 e. The van der Waals surface area contributed by atoms with Crippen molar-refractivity contribution >= 4 is 98.0 Å². The van der Waals surface area contributed by atoms with E-state index in [4.69, 9.17) is 14.4 Å². The molecule has 0 saturated heterocycles. The summed E-state index contributed by atoms with van der Waals surface area (Å²) in [5.74, 6) is 0.684. The minimum atomic E-state index is 0.684. The predicted molar refractivity (Wildman–Crippen MR) is 261 cm³/mol. The number of rotatable bonds is 4. The Morgan fingerprint density at radius 2 is 0.937 bits per heavy atom. The van der Waals surface area contributed by atoms with Crippen molar-refractivity contribution in [2.45, 2.75) is 0 Å². The number of hydrogen-bond donors (Lipinski definition) is 0. The Morgan fingerprint density at radius 1 is 0.333 bits per heavy atom. The molecule has 10 aromatic carbocycles. The highest BCUT2D eigenvalue weighted by Gasteiger charge is 2.19. The summed E-state index contributed by atoms with van der Waals surface area (Å²) < 4.78 is 11.0. The minimum absolute atomic E-state index is 0.684. The number of fused-ring (bicyclic) bond motifs is 12. The molecule has 292 valence electrons. The smallest absolute Gasteiger partial charge is 0.160 e. The lowest BCUT2D eigenvalue weighted by atomic mass is 10.0. The molecule has 0 atom stereocenters. The lowest BCUT2D eigenvalue weighted by Gasteiger charge is -2.14. The molecule has 0 aliphatic rings. The molecule has 0 aliphatic heterocycles. The average Bonchev–Trinajstić information content (AvgIpc) is 3.99. The molecule has 0 bridgehead atoms. The van der Waals surface area contributed by atoms with E-state index in [9.17, 15) is 0 Å². The van der Waals surface area contributed by atoms with Crippen molar-refractivity contribution in [3.05, 3.63) is 206 Å². The number of benzene rings is 10. The summed E-state index contributed by atoms with van der Waals surface area (Å²) in [6.07, 6.45) is 0. The van der Waals surface area contributed by atoms with Gasteiger partial charge < -0.3 is 13.6 Å². The maximum absolute atomic E-state index is 6.17. The molecule has 4 aromatic heterocycles. The fraction of sp³-hybridized carbons (Fsp3) is 0. The molecule has 0 radical (unpaired) electrons. The Labute approximate surface area is 360 Å². The Bertz CT molecular complexity index is 4210. The van der Waals surface area contributed by atoms with Crippen LogP contribution < -0.4 is 0 Å². The van der Waals surface area contributed by atoms with E-state index in [1.165, 1.54) is 54.1 Å². The quantitative estimate of drug-likeness (QED) is 0.178. The molecule has 5 heteroatoms. The van der Waals surface area contributed by atoms with Gasteiger partial charge in [0, 0.05) is 59.9 Å². The van der Waals surface area contributed by atoms with Gasteiger partial charge >= 0.3 is 0 Å². The molecule has 0 amide bonds. The van der Waals surface area contributed by atoms with Crippen LogP contribution in [0.15, 0.2) is 211 Å². The van der Waals surface area contributed by atoms with E-state index in [0.29, 0.717) is 5.82 Å². The summed E-state index contributed by atoms with van der Waals surface area (Å²) in [5, 5.41) is 13.0. The first-order chi connectivity index (χ1) is 31.2. The maximum atomic E-state index is 6.17. The normalized spacial score (nSPS) is 12.1. The molecule has 0 N–H and O–H groups in total. The molecule has 14 aromatic rings. The Morgan fingerprint density at radius 3 is 1.75 bits per heavy atom. The van der Waals surface area contributed by atoms with E-state index < -0.39 is 0 Å². The fourth-order valence-electron chi connectivity index (χ4n) is 10.2. The third kappa shape index (κ3) is 5.05. The van der Waals surface area contributed by atoms with Gasteiger partial charge in [-0.1, -0.05) is 109 Å². The minimum Gasteiger partial charge on any atom is -0.456 e. The number of para-hydroxylation sites is 4. The summed E-state index contributed by atoms with van der Waals surface area (Å²) in [6, 6.07) is 73.9. The van der Waals surface area contributed by atoms with Crippen molar-refractivity contribution in [3.8, 4) is 34.0 Å². The van der Waals surface area contributed by atoms with Crippen LogP contribution in [0.2, 0.25) is 0 Å². The van der Waals surface area contributed by atoms with Gasteiger partial charge in [0.1, 0.15) is 11.2 Å². The van der Waals surface area contributed by atoms with Gasteiger partial charge in [-0.3, -0.25) is 0 Å². The number of nitrogens with zero attached hydrogens (tertiary/aromatic N) is 4. The Kier molecular flexibility index (Phi) is 7.05. The molecule has 63 heavy (non-hydrogen) atoms. The summed E-state index contributed by atoms with van der Waals surface area (Å²) in [6.45, 7) is 0. The van der Waals surface area contributed by atoms with E-state index in [0.717, 1.165) is 72.1 Å². The summed E-state index contributed by atoms with van der Waals surface area (Å²) in [7, 11) is 0. The van der Waals surface area contributed by atoms with Gasteiger partial charge in [-0.05, 0) is 113 Å². The van der Waals surface area contributed by atoms with E-state index in [2.05, 4.69) is 197 Å². The van der Waals surface area contributed by atoms with Crippen LogP contribution >= 0.6 is 0 Å². The topological polar surface area (TPSA) is 48.8 Å². The zero-order chi connectivity index (χ0) is 41.2. The van der Waals surface area contributed by atoms with Crippen LogP contribution in [0.1, 0.15) is 0 Å². The Balaban J connectivity index is 0.941. The van der Waals surface area contributed by atoms with Crippen LogP contribution in [0.4, 0.5) is 0 Å². The first-order valence-corrected chi connectivity index (χ1v) is 21.4. The van der Waals surface area contributed by atoms with Gasteiger partial charge in [0.2, 0.25) is 0 Å². The Hall–Kier alpha value is -8.54. The summed E-state index contributed by atoms with van der Waals surface area (Å²) in [4.78, 5) is 10.4. The van der Waals surface area contributed by atoms with Gasteiger partial charge in [0.15, 0.2) is 5.82 Å². The summed E-state index contributed by atoms with van der Waals surface area (Å²) in [5.41, 5.74) is 12.5. The molecule has 0 fully saturated rings. The molecular weight excluding hydrogens is 769 g/mol. The van der Waals surface area contributed by atoms with Gasteiger partial charge in [-0.25, -0.2) is 9.97 Å². The molecule has 0 unspecified atom stereocenters. The third-order valence-electron chi connectivity index (χ3n) is 13.1. The zero-order valence-electron chi connectivity index (χ0n) is 33.8. The number of furan rings is 1. The van der Waals surface area contributed by atoms with Gasteiger partial charge in [0.25, 0.3) is 0 Å². The van der Waals surface area contributed by atoms with Crippen molar-refractivity contribution in [1.82, 2.24) is 19.1 Å². The highest BCUT2D eigenvalue weighted by atomic mass is 16.3. The molecule has 14 rings (SSSR count). The second kappa shape index (κ2) is 13.0. The van der Waals surface area contributed by atoms with Crippen molar-refractivity contribution in [3.63, 3.8) is 0 Å². The second-order valence-corrected chi connectivity index (χ2v) is 16.6. The number of aromatic nitrogens is 4. The van der Waals surface area contributed by atoms with Crippen LogP contribution in [0.3, 0.4) is 0 Å². The van der Waals surface area contributed by atoms with Crippen LogP contribution in [-0.4, -0.2) is 19.1 Å². The molecular formula is C58H34N4O. The molecule has 0 saturated carbocycles. The van der Waals surface area contributed by atoms with E-state index in [-0.39, 0.29) is 0 Å². The van der Waals surface area contributed by atoms with E-state index in [1.54, 1.807) is 0 Å². The lowest BCUT2D eigenvalue weighted by Crippen LogP contribution is -1.98. The van der Waals surface area contributed by atoms with Crippen LogP contribution in [0.5, 0.6) is 0 Å². The lowest BCUT2D eigenvalue weighted by molar-refractivity contribution is 0.669. The van der Waals surface area contributed by atoms with Crippen LogP contribution in [-0.2, 0) is 0 Å². The van der Waals surface area contributed by atoms with Gasteiger partial charge in [0.05, 0.1) is 39.0 Å². The monoisotopic (exact) mass is 802 g/mol. The standard InChI is InChI=1S/C58H34N4O/c1-2-13-37-33-53-46(30-36(37)12-1)42-16-5-9-21-51(42)62(53)52-22-11-14-38-31-47-41-15-4-8-20-50(41)61(54(47)34-45(38)52)40-27-24-35(25-28-40)58-59-49-19-7-3-18-44(49)57(60-58)39-26-29-56-48(32-39)43-17-6-10-23-55(43)63-56/h1-34H. The zero-order valence-corrected chi connectivity index (χ0v) is 33.8. The summed E-state index contributed by atoms with van der Waals surface area (Å²) >= 11 is 0. The average molecular weight is 803 g/mol. The molecule has 0 aliphatic carbocycles. The van der Waals surface area contributed by atoms with Crippen molar-refractivity contribution in [2.24, 2.45) is 0 Å². The second-order valence-electron chi connectivity index (χ2n) is 16.6. The van der Waals surface area contributed by atoms with Crippen molar-refractivity contribution in [1.29, 1.82) is 0 Å². The van der Waals surface area contributed by atoms with Crippen LogP contribution in [0, 0.1) is 0 Å². The molecule has 4 heterocycles. The first-order valence-electron chi connectivity index (χ1n) is 21.4.